The van der Waals surface area contributed by atoms with E-state index in [1.807, 2.05) is 48.5 Å². The molecule has 1 unspecified atom stereocenters. The summed E-state index contributed by atoms with van der Waals surface area (Å²) < 4.78 is 5.46. The van der Waals surface area contributed by atoms with Crippen LogP contribution in [0.2, 0.25) is 0 Å². The van der Waals surface area contributed by atoms with Crippen molar-refractivity contribution in [2.24, 2.45) is 9.98 Å². The van der Waals surface area contributed by atoms with Crippen molar-refractivity contribution >= 4 is 17.6 Å². The Morgan fingerprint density at radius 1 is 1.14 bits per heavy atom. The van der Waals surface area contributed by atoms with Crippen molar-refractivity contribution in [3.63, 3.8) is 0 Å². The normalized spacial score (nSPS) is 21.4. The van der Waals surface area contributed by atoms with Gasteiger partial charge in [0.05, 0.1) is 25.6 Å². The SMILES string of the molecule is CCOc1ccc(CC(=O)N2CCN(C3=NC=CN4C3=NCC4C)CC2)cc1. The van der Waals surface area contributed by atoms with Crippen molar-refractivity contribution in [3.05, 3.63) is 42.2 Å². The number of aliphatic imine (C=N–C) groups is 2. The molecule has 148 valence electrons. The third-order valence-corrected chi connectivity index (χ3v) is 5.37. The van der Waals surface area contributed by atoms with Crippen LogP contribution in [0.15, 0.2) is 46.7 Å². The molecule has 0 N–H and O–H groups in total. The first-order valence-electron chi connectivity index (χ1n) is 9.98. The highest BCUT2D eigenvalue weighted by molar-refractivity contribution is 6.41. The number of piperazine rings is 1. The van der Waals surface area contributed by atoms with E-state index in [2.05, 4.69) is 26.7 Å². The monoisotopic (exact) mass is 381 g/mol. The topological polar surface area (TPSA) is 60.7 Å². The molecule has 0 radical (unpaired) electrons. The van der Waals surface area contributed by atoms with Gasteiger partial charge in [0.1, 0.15) is 5.75 Å². The number of carbonyl (C=O) groups is 1. The van der Waals surface area contributed by atoms with E-state index in [9.17, 15) is 4.79 Å². The van der Waals surface area contributed by atoms with E-state index in [0.29, 0.717) is 32.2 Å². The molecule has 1 amide bonds. The predicted molar refractivity (Wildman–Crippen MR) is 110 cm³/mol. The summed E-state index contributed by atoms with van der Waals surface area (Å²) in [4.78, 5) is 28.3. The average Bonchev–Trinajstić information content (AvgIpc) is 3.11. The number of ether oxygens (including phenoxy) is 1. The van der Waals surface area contributed by atoms with Gasteiger partial charge in [-0.2, -0.15) is 0 Å². The lowest BCUT2D eigenvalue weighted by Gasteiger charge is -2.38. The average molecular weight is 381 g/mol. The second-order valence-electron chi connectivity index (χ2n) is 7.29. The highest BCUT2D eigenvalue weighted by atomic mass is 16.5. The summed E-state index contributed by atoms with van der Waals surface area (Å²) in [5, 5.41) is 0. The van der Waals surface area contributed by atoms with Gasteiger partial charge in [-0.25, -0.2) is 4.99 Å². The Morgan fingerprint density at radius 2 is 1.89 bits per heavy atom. The molecule has 3 aliphatic heterocycles. The van der Waals surface area contributed by atoms with Crippen LogP contribution in [0, 0.1) is 0 Å². The minimum atomic E-state index is 0.169. The zero-order valence-electron chi connectivity index (χ0n) is 16.5. The summed E-state index contributed by atoms with van der Waals surface area (Å²) in [6.07, 6.45) is 4.27. The molecular weight excluding hydrogens is 354 g/mol. The minimum Gasteiger partial charge on any atom is -0.494 e. The molecule has 0 aromatic heterocycles. The zero-order valence-corrected chi connectivity index (χ0v) is 16.5. The first kappa shape index (κ1) is 18.5. The van der Waals surface area contributed by atoms with E-state index in [1.165, 1.54) is 0 Å². The lowest BCUT2D eigenvalue weighted by atomic mass is 10.1. The van der Waals surface area contributed by atoms with Crippen LogP contribution in [0.1, 0.15) is 19.4 Å². The molecule has 7 heteroatoms. The predicted octanol–water partition coefficient (Wildman–Crippen LogP) is 1.76. The van der Waals surface area contributed by atoms with E-state index in [0.717, 1.165) is 42.6 Å². The molecule has 3 aliphatic rings. The molecule has 3 heterocycles. The maximum atomic E-state index is 12.7. The molecule has 1 aromatic carbocycles. The second kappa shape index (κ2) is 8.04. The number of benzene rings is 1. The summed E-state index contributed by atoms with van der Waals surface area (Å²) in [5.74, 6) is 2.91. The van der Waals surface area contributed by atoms with Gasteiger partial charge in [-0.1, -0.05) is 12.1 Å². The molecule has 0 aliphatic carbocycles. The van der Waals surface area contributed by atoms with Crippen LogP contribution in [0.4, 0.5) is 0 Å². The molecular formula is C21H27N5O2. The Labute approximate surface area is 166 Å². The van der Waals surface area contributed by atoms with Gasteiger partial charge in [-0.3, -0.25) is 9.79 Å². The van der Waals surface area contributed by atoms with E-state index in [1.54, 1.807) is 0 Å². The Bertz CT molecular complexity index is 807. The Balaban J connectivity index is 1.32. The Morgan fingerprint density at radius 3 is 2.61 bits per heavy atom. The maximum Gasteiger partial charge on any atom is 0.227 e. The first-order valence-corrected chi connectivity index (χ1v) is 9.98. The van der Waals surface area contributed by atoms with Crippen molar-refractivity contribution in [2.45, 2.75) is 26.3 Å². The standard InChI is InChI=1S/C21H27N5O2/c1-3-28-18-6-4-17(5-7-18)14-19(27)24-10-12-25(13-11-24)20-21-23-15-16(2)26(21)9-8-22-20/h4-9,16H,3,10-15H2,1-2H3. The van der Waals surface area contributed by atoms with Crippen LogP contribution in [-0.2, 0) is 11.2 Å². The molecule has 1 aromatic rings. The fourth-order valence-corrected chi connectivity index (χ4v) is 3.78. The minimum absolute atomic E-state index is 0.169. The first-order chi connectivity index (χ1) is 13.7. The fourth-order valence-electron chi connectivity index (χ4n) is 3.78. The largest absolute Gasteiger partial charge is 0.494 e. The van der Waals surface area contributed by atoms with E-state index in [4.69, 9.17) is 4.74 Å². The van der Waals surface area contributed by atoms with Gasteiger partial charge in [0.2, 0.25) is 5.91 Å². The van der Waals surface area contributed by atoms with Gasteiger partial charge in [0.25, 0.3) is 0 Å². The smallest absolute Gasteiger partial charge is 0.227 e. The van der Waals surface area contributed by atoms with Crippen LogP contribution in [-0.4, -0.2) is 77.7 Å². The highest BCUT2D eigenvalue weighted by Gasteiger charge is 2.32. The van der Waals surface area contributed by atoms with Gasteiger partial charge in [0.15, 0.2) is 11.7 Å². The molecule has 28 heavy (non-hydrogen) atoms. The molecule has 1 atom stereocenters. The number of carbonyl (C=O) groups excluding carboxylic acids is 1. The third kappa shape index (κ3) is 3.74. The zero-order chi connectivity index (χ0) is 19.5. The van der Waals surface area contributed by atoms with Gasteiger partial charge in [0, 0.05) is 38.6 Å². The molecule has 0 bridgehead atoms. The van der Waals surface area contributed by atoms with Crippen LogP contribution in [0.5, 0.6) is 5.75 Å². The van der Waals surface area contributed by atoms with Gasteiger partial charge in [-0.05, 0) is 31.5 Å². The van der Waals surface area contributed by atoms with Crippen molar-refractivity contribution in [3.8, 4) is 5.75 Å². The molecule has 1 saturated heterocycles. The number of rotatable bonds is 4. The lowest BCUT2D eigenvalue weighted by Crippen LogP contribution is -2.54. The second-order valence-corrected chi connectivity index (χ2v) is 7.29. The van der Waals surface area contributed by atoms with Crippen LogP contribution >= 0.6 is 0 Å². The summed E-state index contributed by atoms with van der Waals surface area (Å²) in [6.45, 7) is 8.56. The molecule has 0 spiro atoms. The lowest BCUT2D eigenvalue weighted by molar-refractivity contribution is -0.131. The number of fused-ring (bicyclic) bond motifs is 1. The van der Waals surface area contributed by atoms with E-state index >= 15 is 0 Å². The van der Waals surface area contributed by atoms with E-state index in [-0.39, 0.29) is 5.91 Å². The Hall–Kier alpha value is -2.83. The fraction of sp³-hybridized carbons (Fsp3) is 0.476. The van der Waals surface area contributed by atoms with E-state index < -0.39 is 0 Å². The Kier molecular flexibility index (Phi) is 5.32. The number of hydrogen-bond donors (Lipinski definition) is 0. The summed E-state index contributed by atoms with van der Waals surface area (Å²) in [6, 6.07) is 8.17. The number of nitrogens with zero attached hydrogens (tertiary/aromatic N) is 5. The molecule has 0 saturated carbocycles. The van der Waals surface area contributed by atoms with Crippen molar-refractivity contribution in [2.75, 3.05) is 39.3 Å². The van der Waals surface area contributed by atoms with Gasteiger partial charge in [-0.15, -0.1) is 0 Å². The maximum absolute atomic E-state index is 12.7. The quantitative estimate of drug-likeness (QED) is 0.797. The molecule has 4 rings (SSSR count). The highest BCUT2D eigenvalue weighted by Crippen LogP contribution is 2.19. The van der Waals surface area contributed by atoms with Crippen molar-refractivity contribution in [1.29, 1.82) is 0 Å². The van der Waals surface area contributed by atoms with Crippen LogP contribution < -0.4 is 4.74 Å². The van der Waals surface area contributed by atoms with Crippen molar-refractivity contribution < 1.29 is 9.53 Å². The molecule has 1 fully saturated rings. The summed E-state index contributed by atoms with van der Waals surface area (Å²) in [7, 11) is 0. The van der Waals surface area contributed by atoms with Crippen LogP contribution in [0.3, 0.4) is 0 Å². The number of amidine groups is 2. The van der Waals surface area contributed by atoms with Gasteiger partial charge >= 0.3 is 0 Å². The summed E-state index contributed by atoms with van der Waals surface area (Å²) in [5.41, 5.74) is 1.02. The third-order valence-electron chi connectivity index (χ3n) is 5.37. The van der Waals surface area contributed by atoms with Crippen LogP contribution in [0.25, 0.3) is 0 Å². The van der Waals surface area contributed by atoms with Gasteiger partial charge < -0.3 is 19.4 Å². The molecule has 7 nitrogen and oxygen atoms in total. The number of amides is 1. The number of hydrogen-bond acceptors (Lipinski definition) is 6. The van der Waals surface area contributed by atoms with Crippen molar-refractivity contribution in [1.82, 2.24) is 14.7 Å². The summed E-state index contributed by atoms with van der Waals surface area (Å²) >= 11 is 0.